The smallest absolute Gasteiger partial charge is 0.386 e. The lowest BCUT2D eigenvalue weighted by Gasteiger charge is -2.29. The van der Waals surface area contributed by atoms with Crippen molar-refractivity contribution in [3.05, 3.63) is 23.2 Å². The van der Waals surface area contributed by atoms with Crippen molar-refractivity contribution in [2.45, 2.75) is 47.4 Å². The van der Waals surface area contributed by atoms with Crippen LogP contribution < -0.4 is 0 Å². The maximum Gasteiger partial charge on any atom is 0.386 e. The van der Waals surface area contributed by atoms with Gasteiger partial charge in [-0.1, -0.05) is 0 Å². The summed E-state index contributed by atoms with van der Waals surface area (Å²) in [4.78, 5) is 0. The molecule has 0 bridgehead atoms. The second kappa shape index (κ2) is 7.17. The van der Waals surface area contributed by atoms with Crippen LogP contribution in [0.3, 0.4) is 0 Å². The molecule has 34 heavy (non-hydrogen) atoms. The van der Waals surface area contributed by atoms with Crippen LogP contribution in [0.2, 0.25) is 0 Å². The molecule has 0 unspecified atom stereocenters. The highest BCUT2D eigenvalue weighted by Gasteiger charge is 2.84. The fourth-order valence-electron chi connectivity index (χ4n) is 2.36. The molecule has 0 amide bonds. The zero-order valence-electron chi connectivity index (χ0n) is 15.0. The highest BCUT2D eigenvalue weighted by atomic mass is 19.4. The van der Waals surface area contributed by atoms with Gasteiger partial charge in [0.2, 0.25) is 23.2 Å². The van der Waals surface area contributed by atoms with Crippen molar-refractivity contribution in [1.29, 1.82) is 0 Å². The van der Waals surface area contributed by atoms with Crippen LogP contribution in [-0.4, -0.2) is 60.6 Å². The molecule has 2 aliphatic carbocycles. The molecular formula is C14H4F18O2. The number of ether oxygens (including phenoxy) is 2. The number of alkyl halides is 16. The predicted molar refractivity (Wildman–Crippen MR) is 67.7 cm³/mol. The molecule has 0 aromatic rings. The Hall–Kier alpha value is -2.18. The molecule has 0 saturated heterocycles. The van der Waals surface area contributed by atoms with Crippen LogP contribution in [0, 0.1) is 0 Å². The molecule has 2 nitrogen and oxygen atoms in total. The van der Waals surface area contributed by atoms with Crippen molar-refractivity contribution in [2.24, 2.45) is 0 Å². The molecular weight excluding hydrogens is 542 g/mol. The van der Waals surface area contributed by atoms with Gasteiger partial charge in [0.15, 0.2) is 13.2 Å². The van der Waals surface area contributed by atoms with Crippen LogP contribution in [-0.2, 0) is 9.47 Å². The van der Waals surface area contributed by atoms with Crippen molar-refractivity contribution in [1.82, 2.24) is 0 Å². The van der Waals surface area contributed by atoms with Crippen molar-refractivity contribution in [3.63, 3.8) is 0 Å². The van der Waals surface area contributed by atoms with E-state index in [1.165, 1.54) is 0 Å². The van der Waals surface area contributed by atoms with E-state index in [0.717, 1.165) is 0 Å². The Balaban J connectivity index is 2.25. The summed E-state index contributed by atoms with van der Waals surface area (Å²) in [6.07, 6.45) is 0. The van der Waals surface area contributed by atoms with Crippen molar-refractivity contribution < 1.29 is 88.5 Å². The van der Waals surface area contributed by atoms with Gasteiger partial charge >= 0.3 is 47.4 Å². The van der Waals surface area contributed by atoms with E-state index in [1.54, 1.807) is 0 Å². The molecule has 0 aliphatic heterocycles. The van der Waals surface area contributed by atoms with E-state index < -0.39 is 83.8 Å². The molecule has 20 heteroatoms. The number of hydrogen-bond donors (Lipinski definition) is 0. The first-order valence-corrected chi connectivity index (χ1v) is 7.84. The van der Waals surface area contributed by atoms with Gasteiger partial charge in [0.25, 0.3) is 0 Å². The standard InChI is InChI=1S/C14H4F18O2/c15-3-5(11(25,26)13(29,30)9(3,21)22)33-1-7(17,18)8(19,20)2-34-6-4(16)10(23,24)14(31,32)12(6,27)28/h1-2H2. The third-order valence-corrected chi connectivity index (χ3v) is 4.43. The topological polar surface area (TPSA) is 18.5 Å². The fraction of sp³-hybridized carbons (Fsp3) is 0.714. The van der Waals surface area contributed by atoms with Gasteiger partial charge in [0.05, 0.1) is 0 Å². The van der Waals surface area contributed by atoms with Crippen LogP contribution in [0.15, 0.2) is 23.2 Å². The summed E-state index contributed by atoms with van der Waals surface area (Å²) in [7, 11) is 0. The Morgan fingerprint density at radius 3 is 0.882 bits per heavy atom. The van der Waals surface area contributed by atoms with Gasteiger partial charge in [-0.2, -0.15) is 70.2 Å². The minimum absolute atomic E-state index is 2.99. The Morgan fingerprint density at radius 2 is 0.706 bits per heavy atom. The fourth-order valence-corrected chi connectivity index (χ4v) is 2.36. The molecule has 0 aromatic heterocycles. The van der Waals surface area contributed by atoms with Gasteiger partial charge in [-0.25, -0.2) is 8.78 Å². The van der Waals surface area contributed by atoms with Crippen LogP contribution in [0.1, 0.15) is 0 Å². The lowest BCUT2D eigenvalue weighted by atomic mass is 10.1. The van der Waals surface area contributed by atoms with E-state index in [2.05, 4.69) is 9.47 Å². The number of halogens is 18. The highest BCUT2D eigenvalue weighted by molar-refractivity contribution is 5.34. The monoisotopic (exact) mass is 546 g/mol. The Kier molecular flexibility index (Phi) is 5.92. The van der Waals surface area contributed by atoms with E-state index in [0.29, 0.717) is 0 Å². The second-order valence-corrected chi connectivity index (χ2v) is 6.72. The number of hydrogen-bond acceptors (Lipinski definition) is 2. The summed E-state index contributed by atoms with van der Waals surface area (Å²) in [6, 6.07) is 0. The van der Waals surface area contributed by atoms with E-state index >= 15 is 0 Å². The minimum Gasteiger partial charge on any atom is -0.482 e. The molecule has 0 atom stereocenters. The minimum atomic E-state index is -6.62. The van der Waals surface area contributed by atoms with Gasteiger partial charge in [-0.3, -0.25) is 0 Å². The highest BCUT2D eigenvalue weighted by Crippen LogP contribution is 2.61. The third-order valence-electron chi connectivity index (χ3n) is 4.43. The second-order valence-electron chi connectivity index (χ2n) is 6.72. The Labute approximate surface area is 173 Å². The normalized spacial score (nSPS) is 26.8. The first-order valence-electron chi connectivity index (χ1n) is 7.84. The summed E-state index contributed by atoms with van der Waals surface area (Å²) in [5, 5.41) is 0. The maximum absolute atomic E-state index is 13.6. The predicted octanol–water partition coefficient (Wildman–Crippen LogP) is 6.49. The molecule has 0 spiro atoms. The Morgan fingerprint density at radius 1 is 0.471 bits per heavy atom. The molecule has 198 valence electrons. The van der Waals surface area contributed by atoms with Crippen molar-refractivity contribution >= 4 is 0 Å². The van der Waals surface area contributed by atoms with Crippen LogP contribution in [0.5, 0.6) is 0 Å². The van der Waals surface area contributed by atoms with Crippen molar-refractivity contribution in [3.8, 4) is 0 Å². The maximum atomic E-state index is 13.6. The van der Waals surface area contributed by atoms with E-state index in [9.17, 15) is 79.0 Å². The van der Waals surface area contributed by atoms with Crippen LogP contribution in [0.4, 0.5) is 79.0 Å². The molecule has 0 aromatic carbocycles. The summed E-state index contributed by atoms with van der Waals surface area (Å²) in [6.45, 7) is -6.73. The van der Waals surface area contributed by atoms with Gasteiger partial charge in [0.1, 0.15) is 0 Å². The molecule has 2 aliphatic rings. The lowest BCUT2D eigenvalue weighted by molar-refractivity contribution is -0.284. The van der Waals surface area contributed by atoms with Gasteiger partial charge < -0.3 is 9.47 Å². The molecule has 2 rings (SSSR count). The van der Waals surface area contributed by atoms with Crippen LogP contribution in [0.25, 0.3) is 0 Å². The Bertz CT molecular complexity index is 840. The van der Waals surface area contributed by atoms with Gasteiger partial charge in [-0.05, 0) is 0 Å². The summed E-state index contributed by atoms with van der Waals surface area (Å²) < 4.78 is 243. The largest absolute Gasteiger partial charge is 0.482 e. The van der Waals surface area contributed by atoms with Gasteiger partial charge in [-0.15, -0.1) is 0 Å². The van der Waals surface area contributed by atoms with Crippen LogP contribution >= 0.6 is 0 Å². The third kappa shape index (κ3) is 3.29. The van der Waals surface area contributed by atoms with E-state index in [1.807, 2.05) is 0 Å². The molecule has 0 N–H and O–H groups in total. The SMILES string of the molecule is FC1=C(OCC(F)(F)C(F)(F)COC2=C(F)C(F)(F)C(F)(F)C2(F)F)C(F)(F)C(F)(F)C1(F)F. The molecule has 0 fully saturated rings. The molecule has 0 heterocycles. The summed E-state index contributed by atoms with van der Waals surface area (Å²) >= 11 is 0. The lowest BCUT2D eigenvalue weighted by Crippen LogP contribution is -2.51. The zero-order chi connectivity index (χ0) is 27.1. The summed E-state index contributed by atoms with van der Waals surface area (Å²) in [5.41, 5.74) is 0. The summed E-state index contributed by atoms with van der Waals surface area (Å²) in [5.74, 6) is -65.6. The quantitative estimate of drug-likeness (QED) is 0.340. The van der Waals surface area contributed by atoms with Crippen molar-refractivity contribution in [2.75, 3.05) is 13.2 Å². The van der Waals surface area contributed by atoms with Gasteiger partial charge in [0, 0.05) is 0 Å². The first-order chi connectivity index (χ1) is 14.7. The number of rotatable bonds is 7. The molecule has 0 radical (unpaired) electrons. The van der Waals surface area contributed by atoms with E-state index in [-0.39, 0.29) is 0 Å². The average Bonchev–Trinajstić information content (AvgIpc) is 2.79. The van der Waals surface area contributed by atoms with E-state index in [4.69, 9.17) is 0 Å². The molecule has 0 saturated carbocycles. The zero-order valence-corrected chi connectivity index (χ0v) is 15.0. The average molecular weight is 546 g/mol. The first kappa shape index (κ1) is 28.1. The number of allylic oxidation sites excluding steroid dienone is 4.